The van der Waals surface area contributed by atoms with Crippen molar-refractivity contribution in [2.75, 3.05) is 13.6 Å². The van der Waals surface area contributed by atoms with Crippen LogP contribution in [0.5, 0.6) is 0 Å². The van der Waals surface area contributed by atoms with Crippen molar-refractivity contribution in [2.24, 2.45) is 0 Å². The summed E-state index contributed by atoms with van der Waals surface area (Å²) in [4.78, 5) is 24.7. The number of hydrogen-bond acceptors (Lipinski definition) is 6. The molecule has 1 N–H and O–H groups in total. The fourth-order valence-corrected chi connectivity index (χ4v) is 4.13. The van der Waals surface area contributed by atoms with Crippen LogP contribution < -0.4 is 0 Å². The van der Waals surface area contributed by atoms with Crippen LogP contribution in [-0.4, -0.2) is 49.3 Å². The molecule has 0 unspecified atom stereocenters. The predicted molar refractivity (Wildman–Crippen MR) is 120 cm³/mol. The average Bonchev–Trinajstić information content (AvgIpc) is 3.44. The van der Waals surface area contributed by atoms with Crippen LogP contribution in [0.4, 0.5) is 0 Å². The Morgan fingerprint density at radius 1 is 1.16 bits per heavy atom. The number of thiophene rings is 1. The van der Waals surface area contributed by atoms with Gasteiger partial charge in [-0.05, 0) is 36.4 Å². The molecule has 0 saturated carbocycles. The minimum Gasteiger partial charge on any atom is -0.387 e. The number of carbonyl (C=O) groups excluding carboxylic acids is 1. The van der Waals surface area contributed by atoms with Crippen molar-refractivity contribution in [3.05, 3.63) is 82.6 Å². The summed E-state index contributed by atoms with van der Waals surface area (Å²) in [5.74, 6) is 0.196. The lowest BCUT2D eigenvalue weighted by atomic mass is 10.1. The maximum Gasteiger partial charge on any atom is 0.257 e. The van der Waals surface area contributed by atoms with Crippen molar-refractivity contribution in [1.82, 2.24) is 24.6 Å². The molecule has 0 fully saturated rings. The Kier molecular flexibility index (Phi) is 5.92. The molecule has 4 rings (SSSR count). The average molecular weight is 434 g/mol. The van der Waals surface area contributed by atoms with E-state index in [2.05, 4.69) is 15.1 Å². The summed E-state index contributed by atoms with van der Waals surface area (Å²) in [6.07, 6.45) is 2.53. The first-order chi connectivity index (χ1) is 15.0. The van der Waals surface area contributed by atoms with Gasteiger partial charge in [0.25, 0.3) is 11.9 Å². The van der Waals surface area contributed by atoms with Gasteiger partial charge in [-0.25, -0.2) is 14.6 Å². The van der Waals surface area contributed by atoms with Crippen LogP contribution in [0.2, 0.25) is 0 Å². The van der Waals surface area contributed by atoms with E-state index >= 15 is 0 Å². The van der Waals surface area contributed by atoms with E-state index in [4.69, 9.17) is 0 Å². The van der Waals surface area contributed by atoms with Crippen LogP contribution in [0.25, 0.3) is 16.5 Å². The molecule has 1 aromatic carbocycles. The number of aliphatic hydroxyl groups excluding tert-OH is 1. The van der Waals surface area contributed by atoms with Gasteiger partial charge in [0.05, 0.1) is 40.7 Å². The number of benzene rings is 1. The second-order valence-corrected chi connectivity index (χ2v) is 8.29. The predicted octanol–water partition coefficient (Wildman–Crippen LogP) is 3.81. The van der Waals surface area contributed by atoms with E-state index in [9.17, 15) is 9.90 Å². The number of amides is 1. The van der Waals surface area contributed by atoms with Crippen LogP contribution in [0, 0.1) is 13.8 Å². The second-order valence-electron chi connectivity index (χ2n) is 7.35. The van der Waals surface area contributed by atoms with Gasteiger partial charge < -0.3 is 10.0 Å². The van der Waals surface area contributed by atoms with Crippen LogP contribution in [-0.2, 0) is 0 Å². The van der Waals surface area contributed by atoms with E-state index in [1.54, 1.807) is 29.3 Å². The highest BCUT2D eigenvalue weighted by Crippen LogP contribution is 2.26. The molecule has 3 heterocycles. The Bertz CT molecular complexity index is 1190. The molecule has 0 spiro atoms. The molecular weight excluding hydrogens is 410 g/mol. The summed E-state index contributed by atoms with van der Waals surface area (Å²) >= 11 is 1.61. The molecule has 0 aliphatic carbocycles. The molecular formula is C23H23N5O2S. The number of aromatic nitrogens is 4. The number of likely N-dealkylation sites (N-methyl/N-ethyl adjacent to an activating group) is 1. The minimum atomic E-state index is -0.765. The Morgan fingerprint density at radius 3 is 2.65 bits per heavy atom. The fraction of sp³-hybridized carbons (Fsp3) is 0.217. The molecule has 0 aliphatic heterocycles. The molecule has 3 aromatic heterocycles. The summed E-state index contributed by atoms with van der Waals surface area (Å²) in [5, 5.41) is 16.8. The van der Waals surface area contributed by atoms with Crippen molar-refractivity contribution >= 4 is 17.2 Å². The van der Waals surface area contributed by atoms with Gasteiger partial charge in [0, 0.05) is 13.2 Å². The third-order valence-corrected chi connectivity index (χ3v) is 6.00. The van der Waals surface area contributed by atoms with Gasteiger partial charge in [0.15, 0.2) is 0 Å². The Labute approximate surface area is 184 Å². The molecule has 7 nitrogen and oxygen atoms in total. The Hall–Kier alpha value is -3.36. The van der Waals surface area contributed by atoms with Crippen molar-refractivity contribution < 1.29 is 9.90 Å². The number of rotatable bonds is 6. The summed E-state index contributed by atoms with van der Waals surface area (Å²) in [5.41, 5.74) is 3.69. The highest BCUT2D eigenvalue weighted by atomic mass is 32.1. The zero-order valence-electron chi connectivity index (χ0n) is 17.6. The standard InChI is InChI=1S/C23H23N5O2S/c1-15-12-24-23(26-21(15)20-10-7-11-31-20)28-16(2)18(13-25-28)22(30)27(3)14-19(29)17-8-5-4-6-9-17/h4-13,19,29H,14H2,1-3H3/t19-/m1/s1. The SMILES string of the molecule is Cc1cnc(-n2ncc(C(=O)N(C)C[C@@H](O)c3ccccc3)c2C)nc1-c1cccs1. The second kappa shape index (κ2) is 8.79. The van der Waals surface area contributed by atoms with Gasteiger partial charge in [-0.3, -0.25) is 4.79 Å². The van der Waals surface area contributed by atoms with E-state index < -0.39 is 6.10 Å². The zero-order chi connectivity index (χ0) is 22.0. The summed E-state index contributed by atoms with van der Waals surface area (Å²) in [6.45, 7) is 3.96. The molecule has 1 atom stereocenters. The topological polar surface area (TPSA) is 84.1 Å². The minimum absolute atomic E-state index is 0.178. The van der Waals surface area contributed by atoms with Gasteiger partial charge in [-0.1, -0.05) is 36.4 Å². The van der Waals surface area contributed by atoms with Crippen molar-refractivity contribution in [2.45, 2.75) is 20.0 Å². The normalized spacial score (nSPS) is 12.0. The van der Waals surface area contributed by atoms with Crippen molar-refractivity contribution in [3.63, 3.8) is 0 Å². The largest absolute Gasteiger partial charge is 0.387 e. The molecule has 1 amide bonds. The van der Waals surface area contributed by atoms with Gasteiger partial charge in [0.1, 0.15) is 0 Å². The van der Waals surface area contributed by atoms with Crippen molar-refractivity contribution in [1.29, 1.82) is 0 Å². The van der Waals surface area contributed by atoms with E-state index in [0.717, 1.165) is 21.7 Å². The zero-order valence-corrected chi connectivity index (χ0v) is 18.4. The van der Waals surface area contributed by atoms with E-state index in [1.807, 2.05) is 61.7 Å². The summed E-state index contributed by atoms with van der Waals surface area (Å²) < 4.78 is 1.57. The smallest absolute Gasteiger partial charge is 0.257 e. The van der Waals surface area contributed by atoms with Crippen LogP contribution in [0.3, 0.4) is 0 Å². The maximum atomic E-state index is 13.0. The van der Waals surface area contributed by atoms with Gasteiger partial charge >= 0.3 is 0 Å². The molecule has 0 radical (unpaired) electrons. The number of aryl methyl sites for hydroxylation is 1. The third-order valence-electron chi connectivity index (χ3n) is 5.12. The van der Waals surface area contributed by atoms with Gasteiger partial charge in [-0.15, -0.1) is 11.3 Å². The van der Waals surface area contributed by atoms with Gasteiger partial charge in [-0.2, -0.15) is 5.10 Å². The van der Waals surface area contributed by atoms with E-state index in [1.165, 1.54) is 11.1 Å². The molecule has 0 bridgehead atoms. The first kappa shape index (κ1) is 20.9. The van der Waals surface area contributed by atoms with Crippen molar-refractivity contribution in [3.8, 4) is 16.5 Å². The van der Waals surface area contributed by atoms with Crippen LogP contribution >= 0.6 is 11.3 Å². The molecule has 4 aromatic rings. The fourth-order valence-electron chi connectivity index (χ4n) is 3.35. The quantitative estimate of drug-likeness (QED) is 0.500. The van der Waals surface area contributed by atoms with Crippen LogP contribution in [0.1, 0.15) is 33.3 Å². The number of aliphatic hydroxyl groups is 1. The molecule has 31 heavy (non-hydrogen) atoms. The number of nitrogens with zero attached hydrogens (tertiary/aromatic N) is 5. The van der Waals surface area contributed by atoms with Gasteiger partial charge in [0.2, 0.25) is 0 Å². The van der Waals surface area contributed by atoms with E-state index in [-0.39, 0.29) is 12.5 Å². The molecule has 0 saturated heterocycles. The highest BCUT2D eigenvalue weighted by molar-refractivity contribution is 7.13. The monoisotopic (exact) mass is 433 g/mol. The maximum absolute atomic E-state index is 13.0. The lowest BCUT2D eigenvalue weighted by Gasteiger charge is -2.21. The number of carbonyl (C=O) groups is 1. The van der Waals surface area contributed by atoms with E-state index in [0.29, 0.717) is 17.2 Å². The van der Waals surface area contributed by atoms with Crippen LogP contribution in [0.15, 0.2) is 60.2 Å². The lowest BCUT2D eigenvalue weighted by molar-refractivity contribution is 0.0680. The Morgan fingerprint density at radius 2 is 1.94 bits per heavy atom. The number of hydrogen-bond donors (Lipinski definition) is 1. The Balaban J connectivity index is 1.57. The first-order valence-corrected chi connectivity index (χ1v) is 10.7. The molecule has 0 aliphatic rings. The molecule has 8 heteroatoms. The third kappa shape index (κ3) is 4.26. The summed E-state index contributed by atoms with van der Waals surface area (Å²) in [7, 11) is 1.67. The first-order valence-electron chi connectivity index (χ1n) is 9.86. The summed E-state index contributed by atoms with van der Waals surface area (Å²) in [6, 6.07) is 13.3. The molecule has 158 valence electrons. The highest BCUT2D eigenvalue weighted by Gasteiger charge is 2.22. The lowest BCUT2D eigenvalue weighted by Crippen LogP contribution is -2.31.